The Morgan fingerprint density at radius 1 is 1.04 bits per heavy atom. The number of aromatic nitrogens is 1. The van der Waals surface area contributed by atoms with Gasteiger partial charge in [0.25, 0.3) is 0 Å². The van der Waals surface area contributed by atoms with Crippen molar-refractivity contribution in [3.05, 3.63) is 114 Å². The van der Waals surface area contributed by atoms with E-state index in [4.69, 9.17) is 37.4 Å². The van der Waals surface area contributed by atoms with Crippen molar-refractivity contribution in [2.24, 2.45) is 0 Å². The van der Waals surface area contributed by atoms with E-state index in [1.54, 1.807) is 12.1 Å². The Labute approximate surface area is 299 Å². The molecule has 0 radical (unpaired) electrons. The van der Waals surface area contributed by atoms with Crippen LogP contribution in [0.2, 0.25) is 10.0 Å². The molecule has 2 aromatic carbocycles. The van der Waals surface area contributed by atoms with E-state index in [9.17, 15) is 19.9 Å². The molecule has 1 aliphatic rings. The highest BCUT2D eigenvalue weighted by Gasteiger charge is 2.30. The van der Waals surface area contributed by atoms with E-state index >= 15 is 0 Å². The third-order valence-electron chi connectivity index (χ3n) is 8.85. The summed E-state index contributed by atoms with van der Waals surface area (Å²) in [6.45, 7) is 1.47. The Hall–Kier alpha value is -3.87. The molecule has 13 heteroatoms. The number of aromatic carboxylic acids is 1. The van der Waals surface area contributed by atoms with Crippen molar-refractivity contribution in [2.45, 2.75) is 50.2 Å². The van der Waals surface area contributed by atoms with Gasteiger partial charge in [-0.25, -0.2) is 9.59 Å². The van der Waals surface area contributed by atoms with Crippen molar-refractivity contribution in [1.29, 1.82) is 0 Å². The molecule has 10 nitrogen and oxygen atoms in total. The van der Waals surface area contributed by atoms with Crippen LogP contribution in [0.25, 0.3) is 0 Å². The number of esters is 1. The number of carboxylic acid groups (broad SMARTS) is 1. The minimum atomic E-state index is -1.10. The number of likely N-dealkylation sites (N-methyl/N-ethyl adjacent to an activating group) is 1. The van der Waals surface area contributed by atoms with E-state index in [1.807, 2.05) is 49.5 Å². The van der Waals surface area contributed by atoms with Crippen LogP contribution in [-0.2, 0) is 22.5 Å². The largest absolute Gasteiger partial charge is 0.619 e. The molecule has 0 saturated carbocycles. The van der Waals surface area contributed by atoms with Gasteiger partial charge in [-0.1, -0.05) is 66.0 Å². The number of rotatable bonds is 14. The number of thiophene rings is 1. The fraction of sp³-hybridized carbons (Fsp3) is 0.361. The molecule has 1 saturated heterocycles. The van der Waals surface area contributed by atoms with Crippen LogP contribution in [0.1, 0.15) is 68.0 Å². The molecule has 260 valence electrons. The van der Waals surface area contributed by atoms with E-state index in [0.29, 0.717) is 38.8 Å². The lowest BCUT2D eigenvalue weighted by Gasteiger charge is -2.32. The van der Waals surface area contributed by atoms with Gasteiger partial charge in [0.1, 0.15) is 27.6 Å². The van der Waals surface area contributed by atoms with Gasteiger partial charge >= 0.3 is 11.9 Å². The SMILES string of the molecule is COc1ccc([C@H](Cc2c(Cl)c[n+]([O-])cc2Cl)c2cc(CNC(C(=O)OC[C@@H]3CCCCN3C)c3ccccc3)sc2C(=O)O)cc1OC. The number of carboxylic acids is 1. The lowest BCUT2D eigenvalue weighted by atomic mass is 9.85. The maximum absolute atomic E-state index is 13.5. The topological polar surface area (TPSA) is 124 Å². The highest BCUT2D eigenvalue weighted by molar-refractivity contribution is 7.14. The summed E-state index contributed by atoms with van der Waals surface area (Å²) >= 11 is 14.1. The molecule has 4 aromatic rings. The molecular formula is C36H39Cl2N3O7S. The first kappa shape index (κ1) is 36.4. The van der Waals surface area contributed by atoms with E-state index in [-0.39, 0.29) is 33.9 Å². The first-order chi connectivity index (χ1) is 23.6. The Balaban J connectivity index is 1.47. The number of carbonyl (C=O) groups excluding carboxylic acids is 1. The van der Waals surface area contributed by atoms with Gasteiger partial charge in [0.05, 0.1) is 14.2 Å². The summed E-state index contributed by atoms with van der Waals surface area (Å²) < 4.78 is 17.4. The number of pyridine rings is 1. The van der Waals surface area contributed by atoms with Gasteiger partial charge in [0, 0.05) is 28.9 Å². The third kappa shape index (κ3) is 8.84. The van der Waals surface area contributed by atoms with Crippen molar-refractivity contribution in [3.63, 3.8) is 0 Å². The van der Waals surface area contributed by atoms with Crippen LogP contribution in [-0.4, -0.2) is 62.4 Å². The molecule has 1 aliphatic heterocycles. The second kappa shape index (κ2) is 16.7. The summed E-state index contributed by atoms with van der Waals surface area (Å²) in [7, 11) is 5.10. The fourth-order valence-corrected chi connectivity index (χ4v) is 7.79. The summed E-state index contributed by atoms with van der Waals surface area (Å²) in [5, 5.41) is 26.0. The highest BCUT2D eigenvalue weighted by Crippen LogP contribution is 2.41. The molecule has 0 amide bonds. The number of nitrogens with zero attached hydrogens (tertiary/aromatic N) is 2. The minimum Gasteiger partial charge on any atom is -0.619 e. The first-order valence-electron chi connectivity index (χ1n) is 15.9. The number of ether oxygens (including phenoxy) is 3. The molecule has 2 N–H and O–H groups in total. The van der Waals surface area contributed by atoms with E-state index < -0.39 is 23.9 Å². The van der Waals surface area contributed by atoms with Crippen LogP contribution in [0, 0.1) is 5.21 Å². The van der Waals surface area contributed by atoms with Gasteiger partial charge < -0.3 is 29.4 Å². The lowest BCUT2D eigenvalue weighted by Crippen LogP contribution is -2.41. The summed E-state index contributed by atoms with van der Waals surface area (Å²) in [6, 6.07) is 15.9. The maximum atomic E-state index is 13.5. The minimum absolute atomic E-state index is 0.123. The van der Waals surface area contributed by atoms with Gasteiger partial charge in [0.2, 0.25) is 0 Å². The standard InChI is InChI=1S/C36H39Cl2N3O7S/c1-40-14-8-7-11-24(40)21-48-36(44)33(22-9-5-4-6-10-22)39-18-25-16-27(34(49-25)35(42)43)26(17-28-29(37)19-41(45)20-30(28)38)23-12-13-31(46-2)32(15-23)47-3/h4-6,9-10,12-13,15-16,19-20,24,26,33,39H,7-8,11,14,17-18,21H2,1-3H3,(H,42,43)/t24-,26-,33?/m0/s1. The number of halogens is 2. The Morgan fingerprint density at radius 3 is 2.41 bits per heavy atom. The number of likely N-dealkylation sites (tertiary alicyclic amines) is 1. The van der Waals surface area contributed by atoms with Crippen molar-refractivity contribution in [1.82, 2.24) is 10.2 Å². The molecule has 2 aromatic heterocycles. The zero-order valence-electron chi connectivity index (χ0n) is 27.5. The van der Waals surface area contributed by atoms with Crippen LogP contribution >= 0.6 is 34.5 Å². The zero-order valence-corrected chi connectivity index (χ0v) is 29.8. The molecular weight excluding hydrogens is 689 g/mol. The van der Waals surface area contributed by atoms with Crippen LogP contribution in [0.4, 0.5) is 0 Å². The average Bonchev–Trinajstić information content (AvgIpc) is 3.52. The number of hydrogen-bond donors (Lipinski definition) is 2. The normalized spacial score (nSPS) is 16.1. The number of hydrogen-bond acceptors (Lipinski definition) is 9. The quantitative estimate of drug-likeness (QED) is 0.0836. The van der Waals surface area contributed by atoms with Crippen LogP contribution in [0.15, 0.2) is 67.0 Å². The molecule has 1 fully saturated rings. The number of piperidine rings is 1. The Morgan fingerprint density at radius 2 is 1.76 bits per heavy atom. The number of methoxy groups -OCH3 is 2. The molecule has 49 heavy (non-hydrogen) atoms. The van der Waals surface area contributed by atoms with Gasteiger partial charge in [-0.3, -0.25) is 5.32 Å². The van der Waals surface area contributed by atoms with Crippen molar-refractivity contribution in [2.75, 3.05) is 34.4 Å². The van der Waals surface area contributed by atoms with Crippen LogP contribution in [0.5, 0.6) is 11.5 Å². The third-order valence-corrected chi connectivity index (χ3v) is 10.6. The summed E-state index contributed by atoms with van der Waals surface area (Å²) in [6.07, 6.45) is 5.82. The molecule has 0 spiro atoms. The molecule has 1 unspecified atom stereocenters. The van der Waals surface area contributed by atoms with Gasteiger partial charge in [-0.05, 0) is 67.7 Å². The summed E-state index contributed by atoms with van der Waals surface area (Å²) in [4.78, 5) is 29.3. The van der Waals surface area contributed by atoms with Crippen LogP contribution in [0.3, 0.4) is 0 Å². The van der Waals surface area contributed by atoms with Gasteiger partial charge in [-0.15, -0.1) is 11.3 Å². The number of benzene rings is 2. The molecule has 5 rings (SSSR count). The molecule has 0 bridgehead atoms. The number of carbonyl (C=O) groups is 2. The Kier molecular flexibility index (Phi) is 12.4. The van der Waals surface area contributed by atoms with E-state index in [1.165, 1.54) is 26.6 Å². The monoisotopic (exact) mass is 727 g/mol. The number of nitrogens with one attached hydrogen (secondary N) is 1. The van der Waals surface area contributed by atoms with E-state index in [0.717, 1.165) is 48.3 Å². The molecule has 3 heterocycles. The van der Waals surface area contributed by atoms with Crippen LogP contribution < -0.4 is 19.5 Å². The lowest BCUT2D eigenvalue weighted by molar-refractivity contribution is -0.605. The predicted octanol–water partition coefficient (Wildman–Crippen LogP) is 6.64. The summed E-state index contributed by atoms with van der Waals surface area (Å²) in [5.41, 5.74) is 2.48. The molecule has 0 aliphatic carbocycles. The highest BCUT2D eigenvalue weighted by atomic mass is 35.5. The smallest absolute Gasteiger partial charge is 0.346 e. The summed E-state index contributed by atoms with van der Waals surface area (Å²) in [5.74, 6) is -1.08. The van der Waals surface area contributed by atoms with Crippen molar-refractivity contribution in [3.8, 4) is 11.5 Å². The molecule has 3 atom stereocenters. The first-order valence-corrected chi connectivity index (χ1v) is 17.5. The second-order valence-electron chi connectivity index (χ2n) is 12.0. The Bertz CT molecular complexity index is 1750. The second-order valence-corrected chi connectivity index (χ2v) is 13.9. The van der Waals surface area contributed by atoms with E-state index in [2.05, 4.69) is 10.2 Å². The predicted molar refractivity (Wildman–Crippen MR) is 189 cm³/mol. The fourth-order valence-electron chi connectivity index (χ4n) is 6.18. The van der Waals surface area contributed by atoms with Crippen molar-refractivity contribution < 1.29 is 33.6 Å². The average molecular weight is 729 g/mol. The van der Waals surface area contributed by atoms with Crippen molar-refractivity contribution >= 4 is 46.5 Å². The maximum Gasteiger partial charge on any atom is 0.346 e. The van der Waals surface area contributed by atoms with Gasteiger partial charge in [-0.2, -0.15) is 4.73 Å². The zero-order chi connectivity index (χ0) is 35.1. The van der Waals surface area contributed by atoms with Gasteiger partial charge in [0.15, 0.2) is 23.9 Å².